The lowest BCUT2D eigenvalue weighted by atomic mass is 10.0. The van der Waals surface area contributed by atoms with Crippen molar-refractivity contribution >= 4 is 5.91 Å². The number of piperazine rings is 1. The molecule has 1 atom stereocenters. The van der Waals surface area contributed by atoms with E-state index in [0.717, 1.165) is 32.6 Å². The molecule has 4 heteroatoms. The minimum Gasteiger partial charge on any atom is -0.340 e. The van der Waals surface area contributed by atoms with Crippen LogP contribution in [0.15, 0.2) is 0 Å². The average Bonchev–Trinajstić information content (AvgIpc) is 2.30. The van der Waals surface area contributed by atoms with Crippen LogP contribution < -0.4 is 0 Å². The molecule has 1 fully saturated rings. The molecule has 0 radical (unpaired) electrons. The fourth-order valence-electron chi connectivity index (χ4n) is 1.83. The third-order valence-electron chi connectivity index (χ3n) is 3.24. The van der Waals surface area contributed by atoms with E-state index in [-0.39, 0.29) is 5.91 Å². The fourth-order valence-corrected chi connectivity index (χ4v) is 1.83. The summed E-state index contributed by atoms with van der Waals surface area (Å²) >= 11 is 0. The molecule has 1 aliphatic rings. The smallest absolute Gasteiger partial charge is 0.222 e. The summed E-state index contributed by atoms with van der Waals surface area (Å²) in [7, 11) is 0. The molecule has 0 spiro atoms. The van der Waals surface area contributed by atoms with E-state index in [0.29, 0.717) is 18.9 Å². The molecule has 0 bridgehead atoms. The molecule has 4 nitrogen and oxygen atoms in total. The number of carbonyl (C=O) groups is 1. The van der Waals surface area contributed by atoms with Crippen molar-refractivity contribution in [2.24, 2.45) is 5.92 Å². The Hall–Kier alpha value is -1.08. The Kier molecular flexibility index (Phi) is 5.27. The van der Waals surface area contributed by atoms with E-state index in [2.05, 4.69) is 24.8 Å². The van der Waals surface area contributed by atoms with Crippen molar-refractivity contribution in [1.29, 1.82) is 5.26 Å². The standard InChI is InChI=1S/C12H21N3O/c1-3-11(2)10-12(16)15-8-6-14(5-4-13)7-9-15/h11H,3,5-10H2,1-2H3. The van der Waals surface area contributed by atoms with E-state index < -0.39 is 0 Å². The van der Waals surface area contributed by atoms with Crippen molar-refractivity contribution in [2.45, 2.75) is 26.7 Å². The Bertz CT molecular complexity index is 264. The molecule has 0 aromatic carbocycles. The highest BCUT2D eigenvalue weighted by Gasteiger charge is 2.21. The molecule has 0 aromatic rings. The molecule has 1 aliphatic heterocycles. The number of hydrogen-bond acceptors (Lipinski definition) is 3. The molecule has 90 valence electrons. The van der Waals surface area contributed by atoms with E-state index in [1.165, 1.54) is 0 Å². The second kappa shape index (κ2) is 6.49. The highest BCUT2D eigenvalue weighted by atomic mass is 16.2. The van der Waals surface area contributed by atoms with Crippen molar-refractivity contribution in [1.82, 2.24) is 9.80 Å². The Morgan fingerprint density at radius 1 is 1.38 bits per heavy atom. The molecule has 0 saturated carbocycles. The van der Waals surface area contributed by atoms with Gasteiger partial charge in [0.1, 0.15) is 0 Å². The molecule has 0 N–H and O–H groups in total. The summed E-state index contributed by atoms with van der Waals surface area (Å²) in [6, 6.07) is 2.15. The molecule has 0 aliphatic carbocycles. The van der Waals surface area contributed by atoms with Crippen LogP contribution in [0, 0.1) is 17.2 Å². The van der Waals surface area contributed by atoms with Crippen molar-refractivity contribution in [3.05, 3.63) is 0 Å². The van der Waals surface area contributed by atoms with Gasteiger partial charge in [-0.15, -0.1) is 0 Å². The number of nitriles is 1. The van der Waals surface area contributed by atoms with E-state index in [1.54, 1.807) is 0 Å². The molecule has 1 unspecified atom stereocenters. The van der Waals surface area contributed by atoms with Crippen molar-refractivity contribution < 1.29 is 4.79 Å². The van der Waals surface area contributed by atoms with Crippen LogP contribution in [0.2, 0.25) is 0 Å². The van der Waals surface area contributed by atoms with Crippen LogP contribution in [0.1, 0.15) is 26.7 Å². The third-order valence-corrected chi connectivity index (χ3v) is 3.24. The zero-order chi connectivity index (χ0) is 12.0. The van der Waals surface area contributed by atoms with E-state index in [4.69, 9.17) is 5.26 Å². The van der Waals surface area contributed by atoms with Crippen LogP contribution in [-0.4, -0.2) is 48.4 Å². The molecular weight excluding hydrogens is 202 g/mol. The van der Waals surface area contributed by atoms with Crippen LogP contribution in [0.3, 0.4) is 0 Å². The fraction of sp³-hybridized carbons (Fsp3) is 0.833. The molecule has 1 rings (SSSR count). The summed E-state index contributed by atoms with van der Waals surface area (Å²) in [5.41, 5.74) is 0. The maximum atomic E-state index is 11.9. The van der Waals surface area contributed by atoms with Gasteiger partial charge in [-0.3, -0.25) is 9.69 Å². The quantitative estimate of drug-likeness (QED) is 0.670. The summed E-state index contributed by atoms with van der Waals surface area (Å²) in [5, 5.41) is 8.57. The number of hydrogen-bond donors (Lipinski definition) is 0. The van der Waals surface area contributed by atoms with Gasteiger partial charge in [0.15, 0.2) is 0 Å². The van der Waals surface area contributed by atoms with Gasteiger partial charge in [-0.25, -0.2) is 0 Å². The van der Waals surface area contributed by atoms with Crippen LogP contribution >= 0.6 is 0 Å². The van der Waals surface area contributed by atoms with Gasteiger partial charge in [0.25, 0.3) is 0 Å². The van der Waals surface area contributed by atoms with Gasteiger partial charge in [0.2, 0.25) is 5.91 Å². The highest BCUT2D eigenvalue weighted by molar-refractivity contribution is 5.76. The van der Waals surface area contributed by atoms with Crippen LogP contribution in [-0.2, 0) is 4.79 Å². The van der Waals surface area contributed by atoms with Gasteiger partial charge >= 0.3 is 0 Å². The van der Waals surface area contributed by atoms with Gasteiger partial charge in [-0.05, 0) is 5.92 Å². The summed E-state index contributed by atoms with van der Waals surface area (Å²) in [5.74, 6) is 0.746. The molecule has 1 amide bonds. The zero-order valence-electron chi connectivity index (χ0n) is 10.3. The average molecular weight is 223 g/mol. The van der Waals surface area contributed by atoms with Gasteiger partial charge in [-0.2, -0.15) is 5.26 Å². The molecule has 16 heavy (non-hydrogen) atoms. The van der Waals surface area contributed by atoms with Gasteiger partial charge in [0.05, 0.1) is 12.6 Å². The number of rotatable bonds is 4. The first-order valence-electron chi connectivity index (χ1n) is 6.04. The van der Waals surface area contributed by atoms with Crippen LogP contribution in [0.4, 0.5) is 0 Å². The van der Waals surface area contributed by atoms with Crippen LogP contribution in [0.5, 0.6) is 0 Å². The summed E-state index contributed by atoms with van der Waals surface area (Å²) in [4.78, 5) is 15.9. The van der Waals surface area contributed by atoms with Gasteiger partial charge in [0, 0.05) is 32.6 Å². The lowest BCUT2D eigenvalue weighted by Gasteiger charge is -2.33. The van der Waals surface area contributed by atoms with E-state index in [9.17, 15) is 4.79 Å². The van der Waals surface area contributed by atoms with Crippen molar-refractivity contribution in [3.8, 4) is 6.07 Å². The second-order valence-electron chi connectivity index (χ2n) is 4.53. The summed E-state index contributed by atoms with van der Waals surface area (Å²) in [6.45, 7) is 7.92. The normalized spacial score (nSPS) is 19.2. The lowest BCUT2D eigenvalue weighted by Crippen LogP contribution is -2.48. The van der Waals surface area contributed by atoms with Crippen molar-refractivity contribution in [2.75, 3.05) is 32.7 Å². The molecule has 1 saturated heterocycles. The maximum absolute atomic E-state index is 11.9. The highest BCUT2D eigenvalue weighted by Crippen LogP contribution is 2.10. The largest absolute Gasteiger partial charge is 0.340 e. The first-order chi connectivity index (χ1) is 7.67. The molecule has 1 heterocycles. The van der Waals surface area contributed by atoms with Crippen molar-refractivity contribution in [3.63, 3.8) is 0 Å². The Morgan fingerprint density at radius 3 is 2.50 bits per heavy atom. The number of nitrogens with zero attached hydrogens (tertiary/aromatic N) is 3. The first-order valence-corrected chi connectivity index (χ1v) is 6.04. The Labute approximate surface area is 97.8 Å². The summed E-state index contributed by atoms with van der Waals surface area (Å²) < 4.78 is 0. The predicted molar refractivity (Wildman–Crippen MR) is 62.7 cm³/mol. The topological polar surface area (TPSA) is 47.3 Å². The van der Waals surface area contributed by atoms with Gasteiger partial charge < -0.3 is 4.90 Å². The number of amides is 1. The summed E-state index contributed by atoms with van der Waals surface area (Å²) in [6.07, 6.45) is 1.72. The third kappa shape index (κ3) is 3.82. The SMILES string of the molecule is CCC(C)CC(=O)N1CCN(CC#N)CC1. The zero-order valence-corrected chi connectivity index (χ0v) is 10.3. The lowest BCUT2D eigenvalue weighted by molar-refractivity contribution is -0.133. The number of carbonyl (C=O) groups excluding carboxylic acids is 1. The van der Waals surface area contributed by atoms with Crippen LogP contribution in [0.25, 0.3) is 0 Å². The maximum Gasteiger partial charge on any atom is 0.222 e. The molecular formula is C12H21N3O. The minimum atomic E-state index is 0.269. The monoisotopic (exact) mass is 223 g/mol. The predicted octanol–water partition coefficient (Wildman–Crippen LogP) is 1.09. The van der Waals surface area contributed by atoms with E-state index >= 15 is 0 Å². The Balaban J connectivity index is 2.30. The van der Waals surface area contributed by atoms with Gasteiger partial charge in [-0.1, -0.05) is 20.3 Å². The second-order valence-corrected chi connectivity index (χ2v) is 4.53. The first kappa shape index (κ1) is 13.0. The van der Waals surface area contributed by atoms with E-state index in [1.807, 2.05) is 4.90 Å². The Morgan fingerprint density at radius 2 is 2.00 bits per heavy atom. The molecule has 0 aromatic heterocycles. The minimum absolute atomic E-state index is 0.269.